The fourth-order valence-electron chi connectivity index (χ4n) is 3.50. The van der Waals surface area contributed by atoms with Crippen molar-refractivity contribution in [1.82, 2.24) is 19.4 Å². The second-order valence-corrected chi connectivity index (χ2v) is 7.66. The van der Waals surface area contributed by atoms with E-state index in [2.05, 4.69) is 9.97 Å². The molecule has 0 saturated carbocycles. The largest absolute Gasteiger partial charge is 0.471 e. The number of anilines is 1. The number of rotatable bonds is 5. The normalized spacial score (nSPS) is 14.4. The Kier molecular flexibility index (Phi) is 5.75. The first kappa shape index (κ1) is 20.6. The maximum Gasteiger partial charge on any atom is 0.410 e. The quantitative estimate of drug-likeness (QED) is 0.627. The van der Waals surface area contributed by atoms with E-state index in [4.69, 9.17) is 9.47 Å². The molecule has 2 amide bonds. The molecule has 1 aliphatic rings. The van der Waals surface area contributed by atoms with Gasteiger partial charge in [-0.1, -0.05) is 6.07 Å². The van der Waals surface area contributed by atoms with Crippen LogP contribution in [0.1, 0.15) is 19.5 Å². The Morgan fingerprint density at radius 3 is 2.74 bits per heavy atom. The molecule has 0 radical (unpaired) electrons. The van der Waals surface area contributed by atoms with Crippen LogP contribution in [0.3, 0.4) is 0 Å². The van der Waals surface area contributed by atoms with Crippen LogP contribution in [0, 0.1) is 0 Å². The summed E-state index contributed by atoms with van der Waals surface area (Å²) in [6.07, 6.45) is 2.91. The summed E-state index contributed by atoms with van der Waals surface area (Å²) in [4.78, 5) is 36.9. The fraction of sp³-hybridized carbons (Fsp3) is 0.364. The lowest BCUT2D eigenvalue weighted by molar-refractivity contribution is -0.121. The minimum atomic E-state index is -0.461. The molecule has 31 heavy (non-hydrogen) atoms. The van der Waals surface area contributed by atoms with Crippen LogP contribution in [0.2, 0.25) is 0 Å². The van der Waals surface area contributed by atoms with E-state index in [0.717, 1.165) is 16.8 Å². The lowest BCUT2D eigenvalue weighted by atomic mass is 10.2. The fourth-order valence-corrected chi connectivity index (χ4v) is 3.50. The molecule has 0 aliphatic carbocycles. The second kappa shape index (κ2) is 8.63. The van der Waals surface area contributed by atoms with E-state index in [1.54, 1.807) is 31.0 Å². The lowest BCUT2D eigenvalue weighted by Gasteiger charge is -2.33. The Bertz CT molecular complexity index is 1100. The maximum atomic E-state index is 12.8. The molecule has 0 atom stereocenters. The molecule has 9 nitrogen and oxygen atoms in total. The summed E-state index contributed by atoms with van der Waals surface area (Å²) >= 11 is 0. The number of pyridine rings is 2. The average molecular weight is 423 g/mol. The van der Waals surface area contributed by atoms with E-state index >= 15 is 0 Å². The van der Waals surface area contributed by atoms with Gasteiger partial charge in [-0.2, -0.15) is 4.98 Å². The van der Waals surface area contributed by atoms with Gasteiger partial charge in [0.05, 0.1) is 17.5 Å². The monoisotopic (exact) mass is 423 g/mol. The van der Waals surface area contributed by atoms with Crippen LogP contribution in [0.25, 0.3) is 11.0 Å². The molecule has 3 aromatic rings. The molecule has 1 saturated heterocycles. The predicted molar refractivity (Wildman–Crippen MR) is 115 cm³/mol. The Morgan fingerprint density at radius 1 is 1.19 bits per heavy atom. The SMILES string of the molecule is CC(C)OC(=O)N1CCN(c2cn(C)c3nc(OCc4ccccn4)ccc23)C(=O)C1. The van der Waals surface area contributed by atoms with Crippen molar-refractivity contribution in [2.45, 2.75) is 26.6 Å². The van der Waals surface area contributed by atoms with Gasteiger partial charge < -0.3 is 18.9 Å². The van der Waals surface area contributed by atoms with Gasteiger partial charge in [-0.05, 0) is 32.0 Å². The van der Waals surface area contributed by atoms with Gasteiger partial charge in [-0.15, -0.1) is 0 Å². The van der Waals surface area contributed by atoms with Gasteiger partial charge in [0.15, 0.2) is 0 Å². The molecule has 0 unspecified atom stereocenters. The first-order valence-electron chi connectivity index (χ1n) is 10.2. The summed E-state index contributed by atoms with van der Waals surface area (Å²) in [6.45, 7) is 4.68. The summed E-state index contributed by atoms with van der Waals surface area (Å²) in [7, 11) is 1.88. The predicted octanol–water partition coefficient (Wildman–Crippen LogP) is 2.74. The highest BCUT2D eigenvalue weighted by Gasteiger charge is 2.31. The summed E-state index contributed by atoms with van der Waals surface area (Å²) in [5.74, 6) is 0.327. The van der Waals surface area contributed by atoms with E-state index in [-0.39, 0.29) is 18.6 Å². The molecule has 162 valence electrons. The summed E-state index contributed by atoms with van der Waals surface area (Å²) < 4.78 is 12.8. The number of hydrogen-bond donors (Lipinski definition) is 0. The van der Waals surface area contributed by atoms with E-state index in [1.165, 1.54) is 4.90 Å². The molecule has 1 aliphatic heterocycles. The van der Waals surface area contributed by atoms with Crippen LogP contribution in [-0.2, 0) is 23.2 Å². The number of fused-ring (bicyclic) bond motifs is 1. The smallest absolute Gasteiger partial charge is 0.410 e. The molecule has 0 spiro atoms. The molecule has 0 N–H and O–H groups in total. The van der Waals surface area contributed by atoms with Gasteiger partial charge in [0.25, 0.3) is 0 Å². The van der Waals surface area contributed by atoms with Crippen molar-refractivity contribution in [3.05, 3.63) is 48.4 Å². The number of aromatic nitrogens is 3. The third kappa shape index (κ3) is 4.45. The third-order valence-electron chi connectivity index (χ3n) is 4.98. The van der Waals surface area contributed by atoms with Crippen molar-refractivity contribution in [2.24, 2.45) is 7.05 Å². The Morgan fingerprint density at radius 2 is 2.03 bits per heavy atom. The van der Waals surface area contributed by atoms with Crippen LogP contribution < -0.4 is 9.64 Å². The average Bonchev–Trinajstić information content (AvgIpc) is 3.08. The molecule has 0 bridgehead atoms. The Labute approximate surface area is 180 Å². The molecular formula is C22H25N5O4. The second-order valence-electron chi connectivity index (χ2n) is 7.66. The van der Waals surface area contributed by atoms with Crippen molar-refractivity contribution >= 4 is 28.7 Å². The van der Waals surface area contributed by atoms with Crippen LogP contribution in [0.15, 0.2) is 42.7 Å². The number of carbonyl (C=O) groups excluding carboxylic acids is 2. The highest BCUT2D eigenvalue weighted by molar-refractivity contribution is 6.04. The number of nitrogens with zero attached hydrogens (tertiary/aromatic N) is 5. The topological polar surface area (TPSA) is 89.8 Å². The first-order valence-corrected chi connectivity index (χ1v) is 10.2. The zero-order valence-electron chi connectivity index (χ0n) is 17.8. The summed E-state index contributed by atoms with van der Waals surface area (Å²) in [5, 5.41) is 0.847. The minimum absolute atomic E-state index is 0.0133. The standard InChI is InChI=1S/C22H25N5O4/c1-15(2)31-22(29)26-10-11-27(20(28)13-26)18-12-25(3)21-17(18)7-8-19(24-21)30-14-16-6-4-5-9-23-16/h4-9,12,15H,10-11,13-14H2,1-3H3. The number of piperazine rings is 1. The van der Waals surface area contributed by atoms with Crippen molar-refractivity contribution < 1.29 is 19.1 Å². The summed E-state index contributed by atoms with van der Waals surface area (Å²) in [6, 6.07) is 9.34. The Balaban J connectivity index is 1.50. The zero-order valence-corrected chi connectivity index (χ0v) is 17.8. The van der Waals surface area contributed by atoms with Crippen molar-refractivity contribution in [3.8, 4) is 5.88 Å². The number of ether oxygens (including phenoxy) is 2. The lowest BCUT2D eigenvalue weighted by Crippen LogP contribution is -2.52. The van der Waals surface area contributed by atoms with Gasteiger partial charge in [-0.25, -0.2) is 4.79 Å². The molecule has 4 rings (SSSR count). The van der Waals surface area contributed by atoms with E-state index in [0.29, 0.717) is 31.2 Å². The molecule has 0 aromatic carbocycles. The van der Waals surface area contributed by atoms with Crippen molar-refractivity contribution in [1.29, 1.82) is 0 Å². The highest BCUT2D eigenvalue weighted by Crippen LogP contribution is 2.30. The first-order chi connectivity index (χ1) is 14.9. The van der Waals surface area contributed by atoms with Crippen LogP contribution in [0.4, 0.5) is 10.5 Å². The molecule has 1 fully saturated rings. The van der Waals surface area contributed by atoms with Crippen molar-refractivity contribution in [3.63, 3.8) is 0 Å². The van der Waals surface area contributed by atoms with E-state index in [1.807, 2.05) is 42.1 Å². The third-order valence-corrected chi connectivity index (χ3v) is 4.98. The van der Waals surface area contributed by atoms with Crippen molar-refractivity contribution in [2.75, 3.05) is 24.5 Å². The number of hydrogen-bond acceptors (Lipinski definition) is 6. The molecule has 9 heteroatoms. The molecule has 4 heterocycles. The van der Waals surface area contributed by atoms with Crippen LogP contribution in [0.5, 0.6) is 5.88 Å². The minimum Gasteiger partial charge on any atom is -0.471 e. The molecular weight excluding hydrogens is 398 g/mol. The van der Waals surface area contributed by atoms with Crippen LogP contribution >= 0.6 is 0 Å². The maximum absolute atomic E-state index is 12.8. The highest BCUT2D eigenvalue weighted by atomic mass is 16.6. The van der Waals surface area contributed by atoms with Gasteiger partial charge >= 0.3 is 6.09 Å². The number of amides is 2. The zero-order chi connectivity index (χ0) is 22.0. The van der Waals surface area contributed by atoms with E-state index in [9.17, 15) is 9.59 Å². The van der Waals surface area contributed by atoms with Gasteiger partial charge in [-0.3, -0.25) is 14.7 Å². The number of carbonyl (C=O) groups is 2. The van der Waals surface area contributed by atoms with E-state index < -0.39 is 6.09 Å². The Hall–Kier alpha value is -3.62. The number of aryl methyl sites for hydroxylation is 1. The van der Waals surface area contributed by atoms with Crippen LogP contribution in [-0.4, -0.2) is 57.2 Å². The summed E-state index contributed by atoms with van der Waals surface area (Å²) in [5.41, 5.74) is 2.29. The van der Waals surface area contributed by atoms with Gasteiger partial charge in [0.2, 0.25) is 11.8 Å². The van der Waals surface area contributed by atoms with Gasteiger partial charge in [0, 0.05) is 44.0 Å². The molecule has 3 aromatic heterocycles. The van der Waals surface area contributed by atoms with Gasteiger partial charge in [0.1, 0.15) is 18.8 Å².